The third kappa shape index (κ3) is 3.49. The molecule has 0 saturated heterocycles. The minimum Gasteiger partial charge on any atom is -0.493 e. The molecule has 0 saturated carbocycles. The van der Waals surface area contributed by atoms with E-state index in [2.05, 4.69) is 42.6 Å². The SMILES string of the molecule is COc1cc2c(c(Cl)c1OC)CCNCC2c1cccc(C)c1.Cl. The number of aryl methyl sites for hydroxylation is 1. The van der Waals surface area contributed by atoms with E-state index in [0.29, 0.717) is 16.5 Å². The van der Waals surface area contributed by atoms with E-state index in [1.54, 1.807) is 14.2 Å². The van der Waals surface area contributed by atoms with Crippen molar-refractivity contribution < 1.29 is 9.47 Å². The van der Waals surface area contributed by atoms with Crippen LogP contribution in [0.1, 0.15) is 28.2 Å². The first kappa shape index (κ1) is 18.9. The smallest absolute Gasteiger partial charge is 0.179 e. The topological polar surface area (TPSA) is 30.5 Å². The molecule has 1 heterocycles. The van der Waals surface area contributed by atoms with E-state index in [9.17, 15) is 0 Å². The van der Waals surface area contributed by atoms with Crippen LogP contribution in [0, 0.1) is 6.92 Å². The van der Waals surface area contributed by atoms with Gasteiger partial charge in [0.25, 0.3) is 0 Å². The zero-order valence-electron chi connectivity index (χ0n) is 14.2. The number of rotatable bonds is 3. The standard InChI is InChI=1S/C19H22ClNO2.ClH/c1-12-5-4-6-13(9-12)16-11-21-8-7-14-15(16)10-17(22-2)19(23-3)18(14)20;/h4-6,9-10,16,21H,7-8,11H2,1-3H3;1H. The number of hydrogen-bond acceptors (Lipinski definition) is 3. The number of nitrogens with one attached hydrogen (secondary N) is 1. The van der Waals surface area contributed by atoms with E-state index in [0.717, 1.165) is 25.1 Å². The summed E-state index contributed by atoms with van der Waals surface area (Å²) in [5.74, 6) is 1.57. The van der Waals surface area contributed by atoms with Gasteiger partial charge in [-0.05, 0) is 42.6 Å². The summed E-state index contributed by atoms with van der Waals surface area (Å²) in [4.78, 5) is 0. The highest BCUT2D eigenvalue weighted by molar-refractivity contribution is 6.33. The summed E-state index contributed by atoms with van der Waals surface area (Å²) in [5, 5.41) is 4.19. The fourth-order valence-electron chi connectivity index (χ4n) is 3.33. The summed E-state index contributed by atoms with van der Waals surface area (Å²) in [6.45, 7) is 3.92. The molecule has 0 fully saturated rings. The molecule has 1 N–H and O–H groups in total. The van der Waals surface area contributed by atoms with Crippen molar-refractivity contribution in [3.8, 4) is 11.5 Å². The van der Waals surface area contributed by atoms with Crippen LogP contribution >= 0.6 is 24.0 Å². The molecule has 2 aromatic rings. The van der Waals surface area contributed by atoms with Crippen LogP contribution < -0.4 is 14.8 Å². The van der Waals surface area contributed by atoms with Crippen LogP contribution in [0.3, 0.4) is 0 Å². The molecular weight excluding hydrogens is 345 g/mol. The lowest BCUT2D eigenvalue weighted by atomic mass is 9.87. The van der Waals surface area contributed by atoms with Gasteiger partial charge < -0.3 is 14.8 Å². The monoisotopic (exact) mass is 367 g/mol. The predicted molar refractivity (Wildman–Crippen MR) is 101 cm³/mol. The highest BCUT2D eigenvalue weighted by Gasteiger charge is 2.26. The Morgan fingerprint density at radius 2 is 1.96 bits per heavy atom. The van der Waals surface area contributed by atoms with Crippen molar-refractivity contribution in [2.45, 2.75) is 19.3 Å². The Kier molecular flexibility index (Phi) is 6.39. The van der Waals surface area contributed by atoms with Crippen LogP contribution in [-0.2, 0) is 6.42 Å². The molecule has 0 aromatic heterocycles. The fraction of sp³-hybridized carbons (Fsp3) is 0.368. The molecule has 0 radical (unpaired) electrons. The van der Waals surface area contributed by atoms with Crippen molar-refractivity contribution in [2.24, 2.45) is 0 Å². The van der Waals surface area contributed by atoms with Gasteiger partial charge in [0.2, 0.25) is 0 Å². The molecule has 0 spiro atoms. The van der Waals surface area contributed by atoms with Crippen molar-refractivity contribution >= 4 is 24.0 Å². The van der Waals surface area contributed by atoms with Gasteiger partial charge in [0.15, 0.2) is 11.5 Å². The van der Waals surface area contributed by atoms with Crippen LogP contribution in [0.2, 0.25) is 5.02 Å². The lowest BCUT2D eigenvalue weighted by Gasteiger charge is -2.22. The molecule has 1 aliphatic rings. The normalized spacial score (nSPS) is 16.6. The van der Waals surface area contributed by atoms with Crippen molar-refractivity contribution in [2.75, 3.05) is 27.3 Å². The summed E-state index contributed by atoms with van der Waals surface area (Å²) in [7, 11) is 3.28. The highest BCUT2D eigenvalue weighted by Crippen LogP contribution is 2.43. The third-order valence-electron chi connectivity index (χ3n) is 4.47. The van der Waals surface area contributed by atoms with Gasteiger partial charge in [0, 0.05) is 12.5 Å². The predicted octanol–water partition coefficient (Wildman–Crippen LogP) is 4.37. The second-order valence-corrected chi connectivity index (χ2v) is 6.29. The van der Waals surface area contributed by atoms with Crippen LogP contribution in [0.5, 0.6) is 11.5 Å². The number of ether oxygens (including phenoxy) is 2. The Morgan fingerprint density at radius 1 is 1.17 bits per heavy atom. The van der Waals surface area contributed by atoms with Crippen molar-refractivity contribution in [1.29, 1.82) is 0 Å². The molecule has 3 nitrogen and oxygen atoms in total. The Morgan fingerprint density at radius 3 is 2.62 bits per heavy atom. The molecule has 5 heteroatoms. The molecule has 24 heavy (non-hydrogen) atoms. The number of benzene rings is 2. The maximum Gasteiger partial charge on any atom is 0.179 e. The second-order valence-electron chi connectivity index (χ2n) is 5.91. The summed E-state index contributed by atoms with van der Waals surface area (Å²) in [5.41, 5.74) is 4.94. The van der Waals surface area contributed by atoms with E-state index < -0.39 is 0 Å². The maximum atomic E-state index is 6.63. The molecule has 1 unspecified atom stereocenters. The number of halogens is 2. The second kappa shape index (κ2) is 8.11. The average Bonchev–Trinajstić information content (AvgIpc) is 2.77. The number of methoxy groups -OCH3 is 2. The largest absolute Gasteiger partial charge is 0.493 e. The van der Waals surface area contributed by atoms with E-state index in [-0.39, 0.29) is 18.3 Å². The molecule has 0 bridgehead atoms. The summed E-state index contributed by atoms with van der Waals surface area (Å²) >= 11 is 6.63. The summed E-state index contributed by atoms with van der Waals surface area (Å²) < 4.78 is 11.0. The zero-order chi connectivity index (χ0) is 16.4. The van der Waals surface area contributed by atoms with Crippen molar-refractivity contribution in [3.05, 3.63) is 57.6 Å². The number of hydrogen-bond donors (Lipinski definition) is 1. The molecule has 130 valence electrons. The quantitative estimate of drug-likeness (QED) is 0.873. The lowest BCUT2D eigenvalue weighted by molar-refractivity contribution is 0.354. The molecule has 2 aromatic carbocycles. The Labute approximate surface area is 154 Å². The Balaban J connectivity index is 0.00000208. The van der Waals surface area contributed by atoms with Crippen molar-refractivity contribution in [1.82, 2.24) is 5.32 Å². The van der Waals surface area contributed by atoms with E-state index in [1.165, 1.54) is 16.7 Å². The van der Waals surface area contributed by atoms with E-state index in [1.807, 2.05) is 0 Å². The number of fused-ring (bicyclic) bond motifs is 1. The van der Waals surface area contributed by atoms with E-state index in [4.69, 9.17) is 21.1 Å². The highest BCUT2D eigenvalue weighted by atomic mass is 35.5. The summed E-state index contributed by atoms with van der Waals surface area (Å²) in [6, 6.07) is 10.7. The minimum atomic E-state index is 0. The van der Waals surface area contributed by atoms with Gasteiger partial charge >= 0.3 is 0 Å². The molecule has 3 rings (SSSR count). The molecular formula is C19H23Cl2NO2. The average molecular weight is 368 g/mol. The van der Waals surface area contributed by atoms with Crippen LogP contribution in [0.4, 0.5) is 0 Å². The van der Waals surface area contributed by atoms with Crippen LogP contribution in [0.15, 0.2) is 30.3 Å². The maximum absolute atomic E-state index is 6.63. The van der Waals surface area contributed by atoms with Crippen LogP contribution in [0.25, 0.3) is 0 Å². The van der Waals surface area contributed by atoms with Crippen molar-refractivity contribution in [3.63, 3.8) is 0 Å². The van der Waals surface area contributed by atoms with Gasteiger partial charge in [-0.2, -0.15) is 0 Å². The van der Waals surface area contributed by atoms with Crippen LogP contribution in [-0.4, -0.2) is 27.3 Å². The molecule has 0 aliphatic carbocycles. The molecule has 0 amide bonds. The lowest BCUT2D eigenvalue weighted by Crippen LogP contribution is -2.20. The first-order valence-electron chi connectivity index (χ1n) is 7.86. The summed E-state index contributed by atoms with van der Waals surface area (Å²) in [6.07, 6.45) is 0.886. The van der Waals surface area contributed by atoms with Gasteiger partial charge in [-0.1, -0.05) is 41.4 Å². The minimum absolute atomic E-state index is 0. The first-order valence-corrected chi connectivity index (χ1v) is 8.24. The Hall–Kier alpha value is -1.42. The first-order chi connectivity index (χ1) is 11.2. The van der Waals surface area contributed by atoms with Gasteiger partial charge in [-0.15, -0.1) is 12.4 Å². The fourth-order valence-corrected chi connectivity index (χ4v) is 3.70. The zero-order valence-corrected chi connectivity index (χ0v) is 15.8. The van der Waals surface area contributed by atoms with E-state index >= 15 is 0 Å². The Bertz CT molecular complexity index is 719. The van der Waals surface area contributed by atoms with Gasteiger partial charge in [0.05, 0.1) is 19.2 Å². The van der Waals surface area contributed by atoms with Gasteiger partial charge in [0.1, 0.15) is 0 Å². The van der Waals surface area contributed by atoms with Gasteiger partial charge in [-0.3, -0.25) is 0 Å². The molecule has 1 atom stereocenters. The van der Waals surface area contributed by atoms with Gasteiger partial charge in [-0.25, -0.2) is 0 Å². The third-order valence-corrected chi connectivity index (χ3v) is 4.87. The molecule has 1 aliphatic heterocycles.